The number of halogens is 2. The lowest BCUT2D eigenvalue weighted by Gasteiger charge is -2.14. The topological polar surface area (TPSA) is 79.1 Å². The summed E-state index contributed by atoms with van der Waals surface area (Å²) in [5, 5.41) is 3.78. The second-order valence-electron chi connectivity index (χ2n) is 9.59. The minimum Gasteiger partial charge on any atom is -0.294 e. The van der Waals surface area contributed by atoms with Gasteiger partial charge in [-0.2, -0.15) is 4.57 Å². The number of imide groups is 1. The Labute approximate surface area is 229 Å². The number of hydrogen-bond donors (Lipinski definition) is 1. The van der Waals surface area contributed by atoms with Crippen LogP contribution in [0.2, 0.25) is 10.0 Å². The lowest BCUT2D eigenvalue weighted by molar-refractivity contribution is -0.577. The predicted molar refractivity (Wildman–Crippen MR) is 149 cm³/mol. The van der Waals surface area contributed by atoms with E-state index in [4.69, 9.17) is 23.2 Å². The fraction of sp³-hybridized carbons (Fsp3) is 0.172. The van der Waals surface area contributed by atoms with E-state index in [9.17, 15) is 14.4 Å². The van der Waals surface area contributed by atoms with Gasteiger partial charge in [0, 0.05) is 17.3 Å². The Balaban J connectivity index is 1.80. The van der Waals surface area contributed by atoms with Gasteiger partial charge in [0.1, 0.15) is 5.57 Å². The van der Waals surface area contributed by atoms with Crippen LogP contribution in [0, 0.1) is 13.8 Å². The second-order valence-corrected chi connectivity index (χ2v) is 10.4. The SMILES string of the molecule is Cc1ccc(N2C(=O)C(c3c(C(C)C)[nH]n(-c4ccc(Cl)c(Cl)c4)c3=O)=C([n+]3cccc(C)c3)C2=O)cc1. The van der Waals surface area contributed by atoms with E-state index in [-0.39, 0.29) is 27.8 Å². The molecule has 7 nitrogen and oxygen atoms in total. The molecule has 0 fully saturated rings. The smallest absolute Gasteiger partial charge is 0.294 e. The molecule has 0 radical (unpaired) electrons. The van der Waals surface area contributed by atoms with E-state index in [1.165, 1.54) is 4.68 Å². The highest BCUT2D eigenvalue weighted by Gasteiger charge is 2.48. The van der Waals surface area contributed by atoms with Crippen molar-refractivity contribution in [2.75, 3.05) is 4.90 Å². The van der Waals surface area contributed by atoms with Crippen molar-refractivity contribution in [1.29, 1.82) is 0 Å². The number of aromatic amines is 1. The average molecular weight is 548 g/mol. The molecule has 192 valence electrons. The summed E-state index contributed by atoms with van der Waals surface area (Å²) in [5.41, 5.74) is 3.10. The quantitative estimate of drug-likeness (QED) is 0.267. The zero-order valence-electron chi connectivity index (χ0n) is 21.3. The molecule has 2 aromatic carbocycles. The molecule has 1 aliphatic rings. The van der Waals surface area contributed by atoms with Crippen molar-refractivity contribution < 1.29 is 14.2 Å². The summed E-state index contributed by atoms with van der Waals surface area (Å²) >= 11 is 12.3. The Bertz CT molecular complexity index is 1700. The van der Waals surface area contributed by atoms with Crippen LogP contribution < -0.4 is 15.0 Å². The molecule has 0 aliphatic carbocycles. The Morgan fingerprint density at radius 2 is 1.53 bits per heavy atom. The van der Waals surface area contributed by atoms with Gasteiger partial charge in [0.15, 0.2) is 12.4 Å². The normalized spacial score (nSPS) is 13.8. The molecule has 0 saturated carbocycles. The molecule has 38 heavy (non-hydrogen) atoms. The molecule has 0 bridgehead atoms. The summed E-state index contributed by atoms with van der Waals surface area (Å²) in [6, 6.07) is 15.6. The minimum atomic E-state index is -0.567. The molecule has 2 amide bonds. The van der Waals surface area contributed by atoms with Crippen molar-refractivity contribution in [1.82, 2.24) is 9.78 Å². The Hall–Kier alpha value is -3.94. The summed E-state index contributed by atoms with van der Waals surface area (Å²) < 4.78 is 2.93. The van der Waals surface area contributed by atoms with E-state index in [0.717, 1.165) is 16.0 Å². The minimum absolute atomic E-state index is 0.0370. The number of pyridine rings is 1. The van der Waals surface area contributed by atoms with Crippen molar-refractivity contribution in [3.05, 3.63) is 110 Å². The molecular formula is C29H25Cl2N4O3+. The number of benzene rings is 2. The highest BCUT2D eigenvalue weighted by molar-refractivity contribution is 6.53. The van der Waals surface area contributed by atoms with E-state index in [1.54, 1.807) is 53.4 Å². The highest BCUT2D eigenvalue weighted by Crippen LogP contribution is 2.35. The van der Waals surface area contributed by atoms with Crippen LogP contribution in [0.3, 0.4) is 0 Å². The van der Waals surface area contributed by atoms with Gasteiger partial charge in [-0.05, 0) is 56.2 Å². The van der Waals surface area contributed by atoms with E-state index in [1.807, 2.05) is 45.9 Å². The number of rotatable bonds is 5. The molecule has 5 rings (SSSR count). The first kappa shape index (κ1) is 25.7. The molecule has 1 N–H and O–H groups in total. The van der Waals surface area contributed by atoms with E-state index >= 15 is 0 Å². The molecule has 3 heterocycles. The largest absolute Gasteiger partial charge is 0.331 e. The summed E-state index contributed by atoms with van der Waals surface area (Å²) in [6.07, 6.45) is 3.46. The van der Waals surface area contributed by atoms with Crippen molar-refractivity contribution >= 4 is 52.0 Å². The third-order valence-corrected chi connectivity index (χ3v) is 7.20. The fourth-order valence-electron chi connectivity index (χ4n) is 4.56. The Morgan fingerprint density at radius 1 is 0.842 bits per heavy atom. The molecule has 9 heteroatoms. The summed E-state index contributed by atoms with van der Waals surface area (Å²) in [5.74, 6) is -1.25. The maximum Gasteiger partial charge on any atom is 0.331 e. The number of nitrogens with zero attached hydrogens (tertiary/aromatic N) is 3. The number of amides is 2. The number of carbonyl (C=O) groups is 2. The molecule has 0 unspecified atom stereocenters. The highest BCUT2D eigenvalue weighted by atomic mass is 35.5. The number of H-pyrrole nitrogens is 1. The van der Waals surface area contributed by atoms with Crippen LogP contribution in [0.15, 0.2) is 71.8 Å². The van der Waals surface area contributed by atoms with Crippen molar-refractivity contribution in [3.8, 4) is 5.69 Å². The standard InChI is InChI=1S/C29H24Cl2N4O3/c1-16(2)25-23(28(37)35(32-25)20-11-12-21(30)22(31)14-20)24-26(33-13-5-6-18(4)15-33)29(38)34(27(24)36)19-9-7-17(3)8-10-19/h5-16H,1-4H3/p+1. The summed E-state index contributed by atoms with van der Waals surface area (Å²) in [4.78, 5) is 43.1. The van der Waals surface area contributed by atoms with Crippen LogP contribution >= 0.6 is 23.2 Å². The second kappa shape index (κ2) is 9.74. The molecule has 0 spiro atoms. The molecule has 0 atom stereocenters. The van der Waals surface area contributed by atoms with Crippen molar-refractivity contribution in [2.24, 2.45) is 0 Å². The van der Waals surface area contributed by atoms with Crippen molar-refractivity contribution in [3.63, 3.8) is 0 Å². The number of aryl methyl sites for hydroxylation is 2. The number of hydrogen-bond acceptors (Lipinski definition) is 3. The zero-order valence-corrected chi connectivity index (χ0v) is 22.8. The van der Waals surface area contributed by atoms with Gasteiger partial charge in [0.2, 0.25) is 0 Å². The first-order chi connectivity index (χ1) is 18.1. The van der Waals surface area contributed by atoms with Crippen LogP contribution in [0.1, 0.15) is 42.1 Å². The van der Waals surface area contributed by atoms with Gasteiger partial charge in [0.05, 0.1) is 27.0 Å². The molecule has 1 aliphatic heterocycles. The van der Waals surface area contributed by atoms with E-state index < -0.39 is 17.4 Å². The molecule has 2 aromatic heterocycles. The van der Waals surface area contributed by atoms with E-state index in [2.05, 4.69) is 5.10 Å². The van der Waals surface area contributed by atoms with Crippen LogP contribution in [0.25, 0.3) is 17.0 Å². The van der Waals surface area contributed by atoms with Gasteiger partial charge < -0.3 is 0 Å². The van der Waals surface area contributed by atoms with Crippen LogP contribution in [-0.4, -0.2) is 21.6 Å². The summed E-state index contributed by atoms with van der Waals surface area (Å²) in [7, 11) is 0. The Morgan fingerprint density at radius 3 is 2.16 bits per heavy atom. The van der Waals surface area contributed by atoms with Crippen LogP contribution in [0.4, 0.5) is 5.69 Å². The zero-order chi connectivity index (χ0) is 27.3. The molecule has 0 saturated heterocycles. The lowest BCUT2D eigenvalue weighted by atomic mass is 9.98. The van der Waals surface area contributed by atoms with Gasteiger partial charge in [-0.3, -0.25) is 19.5 Å². The van der Waals surface area contributed by atoms with E-state index in [0.29, 0.717) is 22.1 Å². The van der Waals surface area contributed by atoms with Crippen LogP contribution in [0.5, 0.6) is 0 Å². The first-order valence-electron chi connectivity index (χ1n) is 12.1. The maximum atomic E-state index is 14.1. The van der Waals surface area contributed by atoms with Gasteiger partial charge >= 0.3 is 5.91 Å². The van der Waals surface area contributed by atoms with Gasteiger partial charge in [-0.25, -0.2) is 9.58 Å². The third kappa shape index (κ3) is 4.27. The Kier molecular flexibility index (Phi) is 6.59. The van der Waals surface area contributed by atoms with Crippen molar-refractivity contribution in [2.45, 2.75) is 33.6 Å². The maximum absolute atomic E-state index is 14.1. The predicted octanol–water partition coefficient (Wildman–Crippen LogP) is 5.44. The molecule has 4 aromatic rings. The number of carbonyl (C=O) groups excluding carboxylic acids is 2. The number of aromatic nitrogens is 3. The monoisotopic (exact) mass is 547 g/mol. The fourth-order valence-corrected chi connectivity index (χ4v) is 4.86. The third-order valence-electron chi connectivity index (χ3n) is 6.47. The van der Waals surface area contributed by atoms with Gasteiger partial charge in [-0.15, -0.1) is 0 Å². The average Bonchev–Trinajstić information content (AvgIpc) is 3.34. The van der Waals surface area contributed by atoms with Gasteiger partial charge in [0.25, 0.3) is 17.2 Å². The lowest BCUT2D eigenvalue weighted by Crippen LogP contribution is -2.39. The van der Waals surface area contributed by atoms with Crippen LogP contribution in [-0.2, 0) is 9.59 Å². The summed E-state index contributed by atoms with van der Waals surface area (Å²) in [6.45, 7) is 7.64. The first-order valence-corrected chi connectivity index (χ1v) is 12.8. The van der Waals surface area contributed by atoms with Gasteiger partial charge in [-0.1, -0.05) is 54.7 Å². The number of anilines is 1. The number of nitrogens with one attached hydrogen (secondary N) is 1. The molecular weight excluding hydrogens is 523 g/mol.